The summed E-state index contributed by atoms with van der Waals surface area (Å²) in [6.45, 7) is 10.5. The van der Waals surface area contributed by atoms with E-state index in [4.69, 9.17) is 80.6 Å². The molecule has 6 aromatic carbocycles. The minimum absolute atomic E-state index is 0.0676. The number of aliphatic hydroxyl groups is 6. The molecule has 38 nitrogen and oxygen atoms in total. The van der Waals surface area contributed by atoms with E-state index in [2.05, 4.69) is 63.7 Å². The number of benzene rings is 6. The standard InChI is InChI=1S/C82H98Cl4N14O24/c1-7-90-97-80(118)64-44-30-42(102)31-52(104)61(44)43-25-38(9-13-51(43)103)62-76(114)96-66(79(117)94-64)68(108)40-11-15-54(48(86)27-40)121-56-29-41-28-55(120-53-14-10-39(26-47(53)85)67(107)65(95-74(112)49(88-6)22-35(2)3)78(116)91-50(32-58(87)105)75(113)92-63(41)77(115)93-62)71(56)124-81-72(70(110)69(109)57(34-101)122-81)123-60-33-82(5,73(111)36(4)119-60)89-16-17-99-18-20-100(21-19-99)98-59(106)24-37-8-12-45(83)46(84)23-37/h8-15,23,25-31,35-36,49-50,57,60,62-70,72-73,81,88-90,101-104,107-111H,7,16-22,24,32-34H2,1-6H3,(H2,87,105)(H,91,116)(H,92,113)(H,93,115)(H,94,117)(H,95,112)(H,96,114)(H,97,118)(H,98,106). The molecule has 22 N–H and O–H groups in total. The van der Waals surface area contributed by atoms with Crippen molar-refractivity contribution in [3.8, 4) is 57.1 Å². The molecule has 0 spiro atoms. The zero-order valence-electron chi connectivity index (χ0n) is 67.7. The highest BCUT2D eigenvalue weighted by Crippen LogP contribution is 2.50. The van der Waals surface area contributed by atoms with Crippen LogP contribution in [0.4, 0.5) is 0 Å². The molecule has 124 heavy (non-hydrogen) atoms. The van der Waals surface area contributed by atoms with E-state index < -0.39 is 226 Å². The zero-order valence-corrected chi connectivity index (χ0v) is 70.8. The van der Waals surface area contributed by atoms with Gasteiger partial charge in [0.25, 0.3) is 5.91 Å². The number of hydrogen-bond donors (Lipinski definition) is 21. The van der Waals surface area contributed by atoms with Crippen molar-refractivity contribution >= 4 is 99.6 Å². The lowest BCUT2D eigenvalue weighted by Gasteiger charge is -2.48. The van der Waals surface area contributed by atoms with Gasteiger partial charge in [0, 0.05) is 75.0 Å². The summed E-state index contributed by atoms with van der Waals surface area (Å²) in [5, 5.41) is 130. The van der Waals surface area contributed by atoms with Crippen molar-refractivity contribution < 1.29 is 118 Å². The summed E-state index contributed by atoms with van der Waals surface area (Å²) in [5.74, 6) is -15.1. The van der Waals surface area contributed by atoms with Gasteiger partial charge in [0.1, 0.15) is 95.5 Å². The lowest BCUT2D eigenvalue weighted by Crippen LogP contribution is -2.66. The number of aliphatic hydroxyl groups excluding tert-OH is 6. The van der Waals surface area contributed by atoms with Crippen molar-refractivity contribution in [2.24, 2.45) is 11.7 Å². The third kappa shape index (κ3) is 21.4. The van der Waals surface area contributed by atoms with Crippen LogP contribution in [0.5, 0.6) is 46.0 Å². The second-order valence-electron chi connectivity index (χ2n) is 31.5. The Morgan fingerprint density at radius 3 is 1.96 bits per heavy atom. The number of halogens is 4. The Morgan fingerprint density at radius 1 is 0.685 bits per heavy atom. The Morgan fingerprint density at radius 2 is 1.33 bits per heavy atom. The lowest BCUT2D eigenvalue weighted by molar-refractivity contribution is -0.334. The van der Waals surface area contributed by atoms with Crippen LogP contribution in [0, 0.1) is 5.92 Å². The van der Waals surface area contributed by atoms with Crippen molar-refractivity contribution in [3.63, 3.8) is 0 Å². The first-order chi connectivity index (χ1) is 58.9. The predicted octanol–water partition coefficient (Wildman–Crippen LogP) is 1.49. The Labute approximate surface area is 730 Å². The van der Waals surface area contributed by atoms with Crippen LogP contribution < -0.4 is 78.8 Å². The number of likely N-dealkylation sites (N-methyl/N-ethyl adjacent to an activating group) is 1. The number of rotatable bonds is 22. The number of phenolic OH excluding ortho intramolecular Hbond substituents is 3. The third-order valence-electron chi connectivity index (χ3n) is 22.1. The van der Waals surface area contributed by atoms with Crippen LogP contribution in [0.3, 0.4) is 0 Å². The van der Waals surface area contributed by atoms with E-state index in [0.29, 0.717) is 54.9 Å². The van der Waals surface area contributed by atoms with Crippen molar-refractivity contribution in [1.82, 2.24) is 68.7 Å². The molecule has 14 rings (SSSR count). The average Bonchev–Trinajstić information content (AvgIpc) is 0.766. The molecule has 668 valence electrons. The van der Waals surface area contributed by atoms with Gasteiger partial charge in [0.05, 0.1) is 57.8 Å². The minimum Gasteiger partial charge on any atom is -0.508 e. The summed E-state index contributed by atoms with van der Waals surface area (Å²) in [6.07, 6.45) is -18.6. The number of fused-ring (bicyclic) bond motifs is 15. The van der Waals surface area contributed by atoms with Crippen molar-refractivity contribution in [3.05, 3.63) is 151 Å². The molecule has 3 saturated heterocycles. The number of phenols is 3. The number of piperazine rings is 1. The van der Waals surface area contributed by atoms with Gasteiger partial charge >= 0.3 is 0 Å². The Kier molecular flexibility index (Phi) is 30.1. The molecule has 6 aromatic rings. The second-order valence-corrected chi connectivity index (χ2v) is 33.2. The number of carbonyl (C=O) groups excluding carboxylic acids is 9. The molecule has 9 amide bonds. The topological polar surface area (TPSA) is 556 Å². The fourth-order valence-corrected chi connectivity index (χ4v) is 16.3. The van der Waals surface area contributed by atoms with E-state index in [0.717, 1.165) is 60.7 Å². The number of nitrogens with zero attached hydrogens (tertiary/aromatic N) is 2. The van der Waals surface area contributed by atoms with Crippen molar-refractivity contribution in [2.45, 2.75) is 170 Å². The fraction of sp³-hybridized carbons (Fsp3) is 0.451. The van der Waals surface area contributed by atoms with Crippen molar-refractivity contribution in [2.75, 3.05) is 59.5 Å². The number of carbonyl (C=O) groups is 9. The Balaban J connectivity index is 0.982. The summed E-state index contributed by atoms with van der Waals surface area (Å²) in [7, 11) is 1.48. The van der Waals surface area contributed by atoms with Crippen LogP contribution in [0.1, 0.15) is 118 Å². The van der Waals surface area contributed by atoms with Gasteiger partial charge in [-0.05, 0) is 133 Å². The van der Waals surface area contributed by atoms with E-state index in [1.165, 1.54) is 25.2 Å². The molecule has 8 aliphatic rings. The van der Waals surface area contributed by atoms with Gasteiger partial charge in [-0.25, -0.2) is 10.4 Å². The quantitative estimate of drug-likeness (QED) is 0.0428. The molecular formula is C82H98Cl4N14O24. The van der Waals surface area contributed by atoms with Crippen LogP contribution in [0.2, 0.25) is 20.1 Å². The third-order valence-corrected chi connectivity index (χ3v) is 23.4. The number of nitrogens with two attached hydrogens (primary N) is 1. The number of hydrogen-bond acceptors (Lipinski definition) is 29. The molecule has 8 aliphatic heterocycles. The second kappa shape index (κ2) is 40.1. The summed E-state index contributed by atoms with van der Waals surface area (Å²) < 4.78 is 39.7. The van der Waals surface area contributed by atoms with Gasteiger partial charge in [0.2, 0.25) is 59.3 Å². The van der Waals surface area contributed by atoms with E-state index in [9.17, 15) is 65.1 Å². The Bertz CT molecular complexity index is 5020. The summed E-state index contributed by atoms with van der Waals surface area (Å²) in [5.41, 5.74) is 10.8. The monoisotopic (exact) mass is 1800 g/mol. The molecule has 42 heteroatoms. The summed E-state index contributed by atoms with van der Waals surface area (Å²) in [6, 6.07) is 5.16. The summed E-state index contributed by atoms with van der Waals surface area (Å²) in [4.78, 5) is 135. The molecule has 3 fully saturated rings. The predicted molar refractivity (Wildman–Crippen MR) is 444 cm³/mol. The van der Waals surface area contributed by atoms with Crippen molar-refractivity contribution in [1.29, 1.82) is 0 Å². The number of nitrogens with one attached hydrogen (secondary N) is 11. The van der Waals surface area contributed by atoms with E-state index >= 15 is 24.0 Å². The van der Waals surface area contributed by atoms with E-state index in [1.807, 2.05) is 18.9 Å². The largest absolute Gasteiger partial charge is 0.508 e. The smallest absolute Gasteiger partial charge is 0.261 e. The highest BCUT2D eigenvalue weighted by atomic mass is 35.5. The van der Waals surface area contributed by atoms with Gasteiger partial charge in [0.15, 0.2) is 23.9 Å². The normalized spacial score (nSPS) is 27.2. The van der Waals surface area contributed by atoms with Crippen LogP contribution in [0.25, 0.3) is 11.1 Å². The number of hydrazine groups is 2. The maximum atomic E-state index is 16.3. The highest BCUT2D eigenvalue weighted by molar-refractivity contribution is 6.42. The first kappa shape index (κ1) is 93.1. The molecule has 18 atom stereocenters. The van der Waals surface area contributed by atoms with Crippen LogP contribution >= 0.6 is 46.4 Å². The number of primary amides is 1. The van der Waals surface area contributed by atoms with E-state index in [-0.39, 0.29) is 76.4 Å². The Hall–Kier alpha value is -10.1. The van der Waals surface area contributed by atoms with Crippen LogP contribution in [0.15, 0.2) is 97.1 Å². The fourth-order valence-electron chi connectivity index (χ4n) is 15.5. The molecule has 0 radical (unpaired) electrons. The molecule has 8 heterocycles. The number of ether oxygens (including phenoxy) is 6. The molecule has 11 bridgehead atoms. The highest BCUT2D eigenvalue weighted by Gasteiger charge is 2.52. The molecule has 0 aromatic heterocycles. The first-order valence-corrected chi connectivity index (χ1v) is 41.4. The minimum atomic E-state index is -2.36. The van der Waals surface area contributed by atoms with Gasteiger partial charge in [-0.15, -0.1) is 0 Å². The maximum Gasteiger partial charge on any atom is 0.261 e. The molecule has 18 unspecified atom stereocenters. The number of amides is 9. The maximum absolute atomic E-state index is 16.3. The number of aromatic hydroxyl groups is 3. The molecular weight excluding hydrogens is 1710 g/mol. The SMILES string of the molecule is CCNNC(=O)C1NC(=O)C2NC(=O)C(NC(=O)C3NC(=O)C(CC(N)=O)NC(=O)C(NC(=O)C(CC(C)C)NC)C(O)c4ccc(c(Cl)c4)Oc4cc3cc(c4OC3OC(CO)C(O)C(O)C3OC3CC(C)(NCCN4CCN(NC(=O)Cc5ccc(Cl)c(Cl)c5)CC4)C(O)C(C)O3)Oc3ccc(cc3Cl)C2O)c2ccc(O)c(c2)-c2c(O)cc(O)cc21. The molecule has 0 saturated carbocycles. The summed E-state index contributed by atoms with van der Waals surface area (Å²) >= 11 is 26.7. The van der Waals surface area contributed by atoms with Crippen LogP contribution in [-0.2, 0) is 63.8 Å². The zero-order chi connectivity index (χ0) is 89.6. The van der Waals surface area contributed by atoms with Crippen LogP contribution in [-0.4, -0.2) is 247 Å². The van der Waals surface area contributed by atoms with Gasteiger partial charge in [-0.2, -0.15) is 0 Å². The first-order valence-electron chi connectivity index (χ1n) is 39.9. The lowest BCUT2D eigenvalue weighted by atomic mass is 9.85. The van der Waals surface area contributed by atoms with Gasteiger partial charge < -0.3 is 123 Å². The van der Waals surface area contributed by atoms with Gasteiger partial charge in [-0.1, -0.05) is 91.4 Å². The molecule has 0 aliphatic carbocycles. The average molecular weight is 1810 g/mol. The van der Waals surface area contributed by atoms with Gasteiger partial charge in [-0.3, -0.25) is 58.9 Å². The van der Waals surface area contributed by atoms with E-state index in [1.54, 1.807) is 39.0 Å².